The second-order valence-corrected chi connectivity index (χ2v) is 7.66. The predicted molar refractivity (Wildman–Crippen MR) is 104 cm³/mol. The van der Waals surface area contributed by atoms with E-state index in [0.29, 0.717) is 5.56 Å². The van der Waals surface area contributed by atoms with E-state index < -0.39 is 42.2 Å². The lowest BCUT2D eigenvalue weighted by Crippen LogP contribution is -2.82. The average molecular weight is 399 g/mol. The molecule has 0 aromatic heterocycles. The van der Waals surface area contributed by atoms with Crippen LogP contribution in [0.5, 0.6) is 0 Å². The number of nitrogens with one attached hydrogen (secondary N) is 1. The van der Waals surface area contributed by atoms with Gasteiger partial charge in [0.2, 0.25) is 5.91 Å². The van der Waals surface area contributed by atoms with Crippen molar-refractivity contribution in [1.29, 1.82) is 0 Å². The maximum Gasteiger partial charge on any atom is 0.217 e. The van der Waals surface area contributed by atoms with Gasteiger partial charge in [0.25, 0.3) is 0 Å². The fourth-order valence-electron chi connectivity index (χ4n) is 4.39. The molecule has 1 aliphatic carbocycles. The maximum absolute atomic E-state index is 11.7. The van der Waals surface area contributed by atoms with Crippen LogP contribution in [0.4, 0.5) is 0 Å². The Kier molecular flexibility index (Phi) is 5.42. The number of rotatable bonds is 5. The van der Waals surface area contributed by atoms with Gasteiger partial charge >= 0.3 is 0 Å². The Labute approximate surface area is 168 Å². The van der Waals surface area contributed by atoms with E-state index in [1.807, 2.05) is 36.4 Å². The molecule has 3 unspecified atom stereocenters. The lowest BCUT2D eigenvalue weighted by atomic mass is 9.56. The quantitative estimate of drug-likeness (QED) is 0.589. The van der Waals surface area contributed by atoms with Crippen LogP contribution in [-0.2, 0) is 20.9 Å². The standard InChI is InChI=1S/C22H25NO6/c1-13(24)23-17-19(26)22(27)16(15-10-6-3-7-11-15)18(25)20(22)29-21(17)28-12-14-8-4-2-5-9-14/h2-11,16-21,25-27H,12H2,1H3,(H,23,24)/t16?,17-,18?,19-,20-,21?,22+/m1/s1. The van der Waals surface area contributed by atoms with Crippen molar-refractivity contribution < 1.29 is 29.6 Å². The third kappa shape index (κ3) is 3.45. The van der Waals surface area contributed by atoms with Crippen molar-refractivity contribution >= 4 is 5.91 Å². The van der Waals surface area contributed by atoms with Gasteiger partial charge < -0.3 is 30.1 Å². The number of amides is 1. The molecule has 7 heteroatoms. The summed E-state index contributed by atoms with van der Waals surface area (Å²) >= 11 is 0. The van der Waals surface area contributed by atoms with Gasteiger partial charge in [-0.2, -0.15) is 0 Å². The Bertz CT molecular complexity index is 847. The molecule has 1 aliphatic heterocycles. The summed E-state index contributed by atoms with van der Waals surface area (Å²) in [4.78, 5) is 11.7. The van der Waals surface area contributed by atoms with Crippen molar-refractivity contribution in [3.63, 3.8) is 0 Å². The van der Waals surface area contributed by atoms with E-state index in [0.717, 1.165) is 5.56 Å². The monoisotopic (exact) mass is 399 g/mol. The Morgan fingerprint density at radius 1 is 1.10 bits per heavy atom. The van der Waals surface area contributed by atoms with Gasteiger partial charge in [-0.3, -0.25) is 4.79 Å². The fourth-order valence-corrected chi connectivity index (χ4v) is 4.39. The van der Waals surface area contributed by atoms with Gasteiger partial charge in [-0.1, -0.05) is 60.7 Å². The summed E-state index contributed by atoms with van der Waals surface area (Å²) in [7, 11) is 0. The minimum Gasteiger partial charge on any atom is -0.390 e. The van der Waals surface area contributed by atoms with Gasteiger partial charge in [0.1, 0.15) is 23.9 Å². The second-order valence-electron chi connectivity index (χ2n) is 7.66. The summed E-state index contributed by atoms with van der Waals surface area (Å²) in [6.07, 6.45) is -4.46. The lowest BCUT2D eigenvalue weighted by Gasteiger charge is -2.62. The Morgan fingerprint density at radius 2 is 1.72 bits per heavy atom. The van der Waals surface area contributed by atoms with Crippen LogP contribution < -0.4 is 5.32 Å². The first kappa shape index (κ1) is 20.0. The summed E-state index contributed by atoms with van der Waals surface area (Å²) in [5.41, 5.74) is -0.170. The largest absolute Gasteiger partial charge is 0.390 e. The number of hydrogen-bond donors (Lipinski definition) is 4. The molecule has 7 atom stereocenters. The van der Waals surface area contributed by atoms with Crippen molar-refractivity contribution in [1.82, 2.24) is 5.32 Å². The molecule has 4 N–H and O–H groups in total. The van der Waals surface area contributed by atoms with E-state index >= 15 is 0 Å². The molecule has 2 fully saturated rings. The molecular formula is C22H25NO6. The molecule has 2 aromatic rings. The van der Waals surface area contributed by atoms with Crippen LogP contribution in [0, 0.1) is 0 Å². The van der Waals surface area contributed by atoms with Crippen LogP contribution in [0.2, 0.25) is 0 Å². The summed E-state index contributed by atoms with van der Waals surface area (Å²) in [5.74, 6) is -1.13. The number of fused-ring (bicyclic) bond motifs is 1. The van der Waals surface area contributed by atoms with E-state index in [4.69, 9.17) is 9.47 Å². The molecule has 0 radical (unpaired) electrons. The second kappa shape index (κ2) is 7.85. The Balaban J connectivity index is 1.58. The zero-order chi connectivity index (χ0) is 20.6. The highest BCUT2D eigenvalue weighted by atomic mass is 16.7. The third-order valence-corrected chi connectivity index (χ3v) is 5.78. The van der Waals surface area contributed by atoms with Crippen LogP contribution in [-0.4, -0.2) is 57.5 Å². The summed E-state index contributed by atoms with van der Waals surface area (Å²) in [6, 6.07) is 17.4. The molecule has 0 bridgehead atoms. The van der Waals surface area contributed by atoms with Crippen LogP contribution in [0.1, 0.15) is 24.0 Å². The summed E-state index contributed by atoms with van der Waals surface area (Å²) < 4.78 is 11.7. The highest BCUT2D eigenvalue weighted by Crippen LogP contribution is 2.53. The highest BCUT2D eigenvalue weighted by Gasteiger charge is 2.71. The third-order valence-electron chi connectivity index (χ3n) is 5.78. The number of benzene rings is 2. The topological polar surface area (TPSA) is 108 Å². The average Bonchev–Trinajstić information content (AvgIpc) is 2.72. The number of aliphatic hydroxyl groups excluding tert-OH is 2. The molecule has 1 amide bonds. The first-order chi connectivity index (χ1) is 13.9. The molecule has 2 aliphatic rings. The number of hydrogen-bond acceptors (Lipinski definition) is 6. The molecule has 29 heavy (non-hydrogen) atoms. The molecule has 2 aromatic carbocycles. The molecule has 1 heterocycles. The van der Waals surface area contributed by atoms with E-state index in [1.165, 1.54) is 6.92 Å². The molecular weight excluding hydrogens is 374 g/mol. The van der Waals surface area contributed by atoms with E-state index in [9.17, 15) is 20.1 Å². The number of carbonyl (C=O) groups is 1. The maximum atomic E-state index is 11.7. The van der Waals surface area contributed by atoms with Crippen molar-refractivity contribution in [2.45, 2.75) is 55.7 Å². The van der Waals surface area contributed by atoms with Gasteiger partial charge in [-0.15, -0.1) is 0 Å². The number of aliphatic hydroxyl groups is 3. The van der Waals surface area contributed by atoms with E-state index in [-0.39, 0.29) is 12.5 Å². The van der Waals surface area contributed by atoms with Crippen molar-refractivity contribution in [3.05, 3.63) is 71.8 Å². The van der Waals surface area contributed by atoms with Gasteiger partial charge in [-0.25, -0.2) is 0 Å². The smallest absolute Gasteiger partial charge is 0.217 e. The van der Waals surface area contributed by atoms with Crippen LogP contribution in [0.25, 0.3) is 0 Å². The predicted octanol–water partition coefficient (Wildman–Crippen LogP) is 0.683. The molecule has 1 saturated heterocycles. The molecule has 154 valence electrons. The van der Waals surface area contributed by atoms with Crippen molar-refractivity contribution in [2.75, 3.05) is 0 Å². The van der Waals surface area contributed by atoms with Crippen LogP contribution >= 0.6 is 0 Å². The lowest BCUT2D eigenvalue weighted by molar-refractivity contribution is -0.369. The SMILES string of the molecule is CC(=O)N[C@H]1C(OCc2ccccc2)O[C@@H]2C(O)C(c3ccccc3)[C@]2(O)[C@@H]1O. The van der Waals surface area contributed by atoms with Gasteiger partial charge in [0, 0.05) is 12.8 Å². The molecule has 4 rings (SSSR count). The zero-order valence-corrected chi connectivity index (χ0v) is 16.0. The van der Waals surface area contributed by atoms with Gasteiger partial charge in [-0.05, 0) is 11.1 Å². The van der Waals surface area contributed by atoms with Crippen molar-refractivity contribution in [2.24, 2.45) is 0 Å². The van der Waals surface area contributed by atoms with Crippen molar-refractivity contribution in [3.8, 4) is 0 Å². The zero-order valence-electron chi connectivity index (χ0n) is 16.0. The molecule has 7 nitrogen and oxygen atoms in total. The fraction of sp³-hybridized carbons (Fsp3) is 0.409. The normalized spacial score (nSPS) is 36.0. The first-order valence-corrected chi connectivity index (χ1v) is 9.64. The molecule has 0 spiro atoms. The summed E-state index contributed by atoms with van der Waals surface area (Å²) in [6.45, 7) is 1.51. The Hall–Kier alpha value is -2.29. The summed E-state index contributed by atoms with van der Waals surface area (Å²) in [5, 5.41) is 35.7. The highest BCUT2D eigenvalue weighted by molar-refractivity contribution is 5.73. The van der Waals surface area contributed by atoms with E-state index in [1.54, 1.807) is 24.3 Å². The van der Waals surface area contributed by atoms with Crippen LogP contribution in [0.3, 0.4) is 0 Å². The van der Waals surface area contributed by atoms with Gasteiger partial charge in [0.05, 0.1) is 12.7 Å². The molecule has 1 saturated carbocycles. The Morgan fingerprint density at radius 3 is 2.34 bits per heavy atom. The minimum atomic E-state index is -1.75. The first-order valence-electron chi connectivity index (χ1n) is 9.64. The minimum absolute atomic E-state index is 0.192. The number of ether oxygens (including phenoxy) is 2. The number of carbonyl (C=O) groups excluding carboxylic acids is 1. The van der Waals surface area contributed by atoms with Crippen LogP contribution in [0.15, 0.2) is 60.7 Å². The van der Waals surface area contributed by atoms with E-state index in [2.05, 4.69) is 5.32 Å². The van der Waals surface area contributed by atoms with Gasteiger partial charge in [0.15, 0.2) is 6.29 Å².